The average Bonchev–Trinajstić information content (AvgIpc) is 3.20. The van der Waals surface area contributed by atoms with Gasteiger partial charge in [-0.05, 0) is 17.8 Å². The standard InChI is InChI=1S/C19H29N3O3/c1-18(2)12-19(13-21-7-9-24-10-8-21)14-22(11-16(18)19)17(23)4-3-15-5-6-20-25-15/h5-6,16H,3-4,7-14H2,1-2H3/t16-,19+/m1/s1. The van der Waals surface area contributed by atoms with Crippen LogP contribution in [0.5, 0.6) is 0 Å². The van der Waals surface area contributed by atoms with Crippen LogP contribution in [0.4, 0.5) is 0 Å². The van der Waals surface area contributed by atoms with Crippen LogP contribution in [0.25, 0.3) is 0 Å². The van der Waals surface area contributed by atoms with Crippen LogP contribution in [-0.2, 0) is 16.0 Å². The van der Waals surface area contributed by atoms with Crippen LogP contribution in [0.15, 0.2) is 16.8 Å². The van der Waals surface area contributed by atoms with Crippen molar-refractivity contribution in [1.29, 1.82) is 0 Å². The number of amides is 1. The minimum atomic E-state index is 0.253. The number of hydrogen-bond donors (Lipinski definition) is 0. The van der Waals surface area contributed by atoms with Gasteiger partial charge in [-0.25, -0.2) is 0 Å². The molecule has 3 heterocycles. The van der Waals surface area contributed by atoms with E-state index in [2.05, 4.69) is 28.8 Å². The van der Waals surface area contributed by atoms with Gasteiger partial charge in [0, 0.05) is 57.0 Å². The lowest BCUT2D eigenvalue weighted by atomic mass is 9.48. The van der Waals surface area contributed by atoms with E-state index < -0.39 is 0 Å². The van der Waals surface area contributed by atoms with E-state index in [4.69, 9.17) is 9.26 Å². The van der Waals surface area contributed by atoms with Gasteiger partial charge in [0.2, 0.25) is 5.91 Å². The number of rotatable bonds is 5. The van der Waals surface area contributed by atoms with Gasteiger partial charge < -0.3 is 14.2 Å². The minimum Gasteiger partial charge on any atom is -0.379 e. The smallest absolute Gasteiger partial charge is 0.223 e. The Morgan fingerprint density at radius 3 is 2.84 bits per heavy atom. The largest absolute Gasteiger partial charge is 0.379 e. The fourth-order valence-corrected chi connectivity index (χ4v) is 5.49. The third kappa shape index (κ3) is 3.22. The topological polar surface area (TPSA) is 58.8 Å². The molecule has 3 aliphatic rings. The molecule has 3 fully saturated rings. The van der Waals surface area contributed by atoms with Crippen molar-refractivity contribution in [1.82, 2.24) is 15.0 Å². The Morgan fingerprint density at radius 1 is 1.36 bits per heavy atom. The van der Waals surface area contributed by atoms with E-state index in [1.807, 2.05) is 6.07 Å². The lowest BCUT2D eigenvalue weighted by Crippen LogP contribution is -2.59. The van der Waals surface area contributed by atoms with Crippen molar-refractivity contribution in [3.8, 4) is 0 Å². The Kier molecular flexibility index (Phi) is 4.36. The first kappa shape index (κ1) is 17.0. The molecular formula is C19H29N3O3. The van der Waals surface area contributed by atoms with Gasteiger partial charge in [-0.15, -0.1) is 0 Å². The fourth-order valence-electron chi connectivity index (χ4n) is 5.49. The van der Waals surface area contributed by atoms with E-state index >= 15 is 0 Å². The van der Waals surface area contributed by atoms with Gasteiger partial charge in [0.15, 0.2) is 0 Å². The van der Waals surface area contributed by atoms with Gasteiger partial charge >= 0.3 is 0 Å². The van der Waals surface area contributed by atoms with Crippen LogP contribution in [0.1, 0.15) is 32.4 Å². The van der Waals surface area contributed by atoms with E-state index in [-0.39, 0.29) is 11.3 Å². The summed E-state index contributed by atoms with van der Waals surface area (Å²) in [4.78, 5) is 17.4. The summed E-state index contributed by atoms with van der Waals surface area (Å²) >= 11 is 0. The predicted octanol–water partition coefficient (Wildman–Crippen LogP) is 1.81. The lowest BCUT2D eigenvalue weighted by Gasteiger charge is -2.58. The average molecular weight is 347 g/mol. The molecule has 0 spiro atoms. The first-order chi connectivity index (χ1) is 12.0. The molecule has 2 atom stereocenters. The molecule has 6 nitrogen and oxygen atoms in total. The van der Waals surface area contributed by atoms with Gasteiger partial charge in [-0.1, -0.05) is 19.0 Å². The lowest BCUT2D eigenvalue weighted by molar-refractivity contribution is -0.130. The summed E-state index contributed by atoms with van der Waals surface area (Å²) in [6.07, 6.45) is 4.00. The molecule has 138 valence electrons. The van der Waals surface area contributed by atoms with Gasteiger partial charge in [0.05, 0.1) is 19.4 Å². The number of ether oxygens (including phenoxy) is 1. The molecule has 2 saturated heterocycles. The molecule has 1 aromatic heterocycles. The molecule has 1 aromatic rings. The van der Waals surface area contributed by atoms with Crippen molar-refractivity contribution in [3.63, 3.8) is 0 Å². The molecule has 2 aliphatic heterocycles. The highest BCUT2D eigenvalue weighted by Crippen LogP contribution is 2.63. The van der Waals surface area contributed by atoms with Gasteiger partial charge in [0.1, 0.15) is 5.76 Å². The molecule has 0 N–H and O–H groups in total. The molecule has 0 unspecified atom stereocenters. The maximum Gasteiger partial charge on any atom is 0.223 e. The highest BCUT2D eigenvalue weighted by Gasteiger charge is 2.63. The monoisotopic (exact) mass is 347 g/mol. The Hall–Kier alpha value is -1.40. The third-order valence-corrected chi connectivity index (χ3v) is 6.47. The Morgan fingerprint density at radius 2 is 2.16 bits per heavy atom. The van der Waals surface area contributed by atoms with E-state index in [1.165, 1.54) is 6.42 Å². The fraction of sp³-hybridized carbons (Fsp3) is 0.789. The second kappa shape index (κ2) is 6.40. The molecule has 0 bridgehead atoms. The summed E-state index contributed by atoms with van der Waals surface area (Å²) in [7, 11) is 0. The predicted molar refractivity (Wildman–Crippen MR) is 93.0 cm³/mol. The van der Waals surface area contributed by atoms with Crippen molar-refractivity contribution in [2.24, 2.45) is 16.7 Å². The zero-order chi connectivity index (χ0) is 17.5. The van der Waals surface area contributed by atoms with Crippen molar-refractivity contribution in [3.05, 3.63) is 18.0 Å². The first-order valence-corrected chi connectivity index (χ1v) is 9.46. The van der Waals surface area contributed by atoms with E-state index in [0.717, 1.165) is 51.7 Å². The number of likely N-dealkylation sites (tertiary alicyclic amines) is 1. The Labute approximate surface area is 149 Å². The molecule has 4 rings (SSSR count). The SMILES string of the molecule is CC1(C)C[C@]2(CN3CCOCC3)CN(C(=O)CCc3ccno3)C[C@H]12. The Balaban J connectivity index is 1.39. The molecule has 0 aromatic carbocycles. The molecular weight excluding hydrogens is 318 g/mol. The second-order valence-electron chi connectivity index (χ2n) is 8.72. The van der Waals surface area contributed by atoms with Crippen LogP contribution in [0.3, 0.4) is 0 Å². The molecule has 1 saturated carbocycles. The summed E-state index contributed by atoms with van der Waals surface area (Å²) in [5, 5.41) is 3.71. The van der Waals surface area contributed by atoms with Crippen molar-refractivity contribution in [2.75, 3.05) is 45.9 Å². The quantitative estimate of drug-likeness (QED) is 0.813. The second-order valence-corrected chi connectivity index (χ2v) is 8.72. The molecule has 0 radical (unpaired) electrons. The zero-order valence-corrected chi connectivity index (χ0v) is 15.4. The van der Waals surface area contributed by atoms with Crippen LogP contribution in [0, 0.1) is 16.7 Å². The molecule has 1 aliphatic carbocycles. The van der Waals surface area contributed by atoms with Crippen molar-refractivity contribution < 1.29 is 14.1 Å². The summed E-state index contributed by atoms with van der Waals surface area (Å²) in [5.74, 6) is 1.65. The van der Waals surface area contributed by atoms with Crippen LogP contribution in [0.2, 0.25) is 0 Å². The van der Waals surface area contributed by atoms with Crippen molar-refractivity contribution >= 4 is 5.91 Å². The molecule has 25 heavy (non-hydrogen) atoms. The van der Waals surface area contributed by atoms with Crippen LogP contribution in [-0.4, -0.2) is 66.8 Å². The molecule has 1 amide bonds. The summed E-state index contributed by atoms with van der Waals surface area (Å²) in [6, 6.07) is 1.84. The Bertz CT molecular complexity index is 609. The normalized spacial score (nSPS) is 31.6. The third-order valence-electron chi connectivity index (χ3n) is 6.47. The summed E-state index contributed by atoms with van der Waals surface area (Å²) < 4.78 is 10.6. The van der Waals surface area contributed by atoms with E-state index in [0.29, 0.717) is 24.2 Å². The first-order valence-electron chi connectivity index (χ1n) is 9.46. The summed E-state index contributed by atoms with van der Waals surface area (Å²) in [6.45, 7) is 11.4. The van der Waals surface area contributed by atoms with Crippen LogP contribution >= 0.6 is 0 Å². The van der Waals surface area contributed by atoms with E-state index in [1.54, 1.807) is 6.20 Å². The van der Waals surface area contributed by atoms with Gasteiger partial charge in [0.25, 0.3) is 0 Å². The maximum atomic E-state index is 12.7. The number of aryl methyl sites for hydroxylation is 1. The van der Waals surface area contributed by atoms with Crippen LogP contribution < -0.4 is 0 Å². The minimum absolute atomic E-state index is 0.253. The van der Waals surface area contributed by atoms with E-state index in [9.17, 15) is 4.79 Å². The van der Waals surface area contributed by atoms with Gasteiger partial charge in [-0.2, -0.15) is 0 Å². The number of fused-ring (bicyclic) bond motifs is 1. The zero-order valence-electron chi connectivity index (χ0n) is 15.4. The highest BCUT2D eigenvalue weighted by molar-refractivity contribution is 5.77. The maximum absolute atomic E-state index is 12.7. The number of hydrogen-bond acceptors (Lipinski definition) is 5. The van der Waals surface area contributed by atoms with Gasteiger partial charge in [-0.3, -0.25) is 9.69 Å². The number of aromatic nitrogens is 1. The number of nitrogens with zero attached hydrogens (tertiary/aromatic N) is 3. The van der Waals surface area contributed by atoms with Crippen molar-refractivity contribution in [2.45, 2.75) is 33.1 Å². The molecule has 6 heteroatoms. The number of morpholine rings is 1. The number of carbonyl (C=O) groups is 1. The highest BCUT2D eigenvalue weighted by atomic mass is 16.5. The number of carbonyl (C=O) groups excluding carboxylic acids is 1. The summed E-state index contributed by atoms with van der Waals surface area (Å²) in [5.41, 5.74) is 0.620.